The number of rotatable bonds is 8. The van der Waals surface area contributed by atoms with Crippen molar-refractivity contribution in [1.82, 2.24) is 15.1 Å². The average Bonchev–Trinajstić information content (AvgIpc) is 3.41. The van der Waals surface area contributed by atoms with Crippen LogP contribution < -0.4 is 5.32 Å². The van der Waals surface area contributed by atoms with Gasteiger partial charge in [0.05, 0.1) is 22.3 Å². The number of nitrogens with one attached hydrogen (secondary N) is 1. The molecule has 39 heavy (non-hydrogen) atoms. The van der Waals surface area contributed by atoms with E-state index in [1.807, 2.05) is 92.7 Å². The van der Waals surface area contributed by atoms with E-state index in [9.17, 15) is 14.9 Å². The maximum Gasteiger partial charge on any atom is 0.271 e. The van der Waals surface area contributed by atoms with Crippen LogP contribution in [0, 0.1) is 24.0 Å². The summed E-state index contributed by atoms with van der Waals surface area (Å²) in [6.45, 7) is 4.06. The highest BCUT2D eigenvalue weighted by atomic mass is 16.6. The monoisotopic (exact) mass is 516 g/mol. The van der Waals surface area contributed by atoms with Crippen LogP contribution in [0.15, 0.2) is 109 Å². The van der Waals surface area contributed by atoms with Gasteiger partial charge in [-0.1, -0.05) is 78.9 Å². The number of carbonyl (C=O) groups excluding carboxylic acids is 1. The van der Waals surface area contributed by atoms with E-state index < -0.39 is 4.92 Å². The molecule has 0 aliphatic heterocycles. The Kier molecular flexibility index (Phi) is 7.32. The number of aromatic nitrogens is 2. The van der Waals surface area contributed by atoms with Gasteiger partial charge in [0, 0.05) is 17.7 Å². The van der Waals surface area contributed by atoms with E-state index in [0.29, 0.717) is 17.8 Å². The first-order valence-electron chi connectivity index (χ1n) is 12.7. The molecule has 1 aromatic heterocycles. The molecule has 1 atom stereocenters. The van der Waals surface area contributed by atoms with Crippen molar-refractivity contribution >= 4 is 11.6 Å². The van der Waals surface area contributed by atoms with Crippen LogP contribution in [0.4, 0.5) is 5.69 Å². The lowest BCUT2D eigenvalue weighted by Gasteiger charge is -2.20. The molecule has 4 aromatic carbocycles. The van der Waals surface area contributed by atoms with E-state index in [0.717, 1.165) is 27.8 Å². The highest BCUT2D eigenvalue weighted by molar-refractivity contribution is 5.94. The summed E-state index contributed by atoms with van der Waals surface area (Å²) in [4.78, 5) is 24.9. The van der Waals surface area contributed by atoms with E-state index >= 15 is 0 Å². The Balaban J connectivity index is 1.57. The molecule has 194 valence electrons. The van der Waals surface area contributed by atoms with Crippen molar-refractivity contribution in [3.8, 4) is 16.9 Å². The van der Waals surface area contributed by atoms with Crippen LogP contribution >= 0.6 is 0 Å². The minimum absolute atomic E-state index is 0.0756. The number of amides is 1. The van der Waals surface area contributed by atoms with E-state index in [2.05, 4.69) is 5.32 Å². The highest BCUT2D eigenvalue weighted by Crippen LogP contribution is 2.26. The maximum absolute atomic E-state index is 13.9. The van der Waals surface area contributed by atoms with Crippen LogP contribution in [0.3, 0.4) is 0 Å². The first kappa shape index (κ1) is 25.6. The SMILES string of the molecule is Cc1ccc(-c2cc(C(=O)NC(Cc3ccccc3)c3ccccc3)n(-c3cccc([N+](=O)[O-])c3)n2)cc1C. The lowest BCUT2D eigenvalue weighted by atomic mass is 9.98. The fourth-order valence-corrected chi connectivity index (χ4v) is 4.54. The van der Waals surface area contributed by atoms with Gasteiger partial charge < -0.3 is 5.32 Å². The van der Waals surface area contributed by atoms with Crippen molar-refractivity contribution in [2.45, 2.75) is 26.3 Å². The molecule has 1 N–H and O–H groups in total. The Morgan fingerprint density at radius 3 is 2.28 bits per heavy atom. The van der Waals surface area contributed by atoms with Gasteiger partial charge in [0.25, 0.3) is 11.6 Å². The summed E-state index contributed by atoms with van der Waals surface area (Å²) in [5, 5.41) is 19.4. The molecule has 0 spiro atoms. The molecule has 1 heterocycles. The minimum Gasteiger partial charge on any atom is -0.344 e. The summed E-state index contributed by atoms with van der Waals surface area (Å²) >= 11 is 0. The van der Waals surface area contributed by atoms with E-state index in [1.54, 1.807) is 18.2 Å². The zero-order valence-corrected chi connectivity index (χ0v) is 21.7. The summed E-state index contributed by atoms with van der Waals surface area (Å²) < 4.78 is 1.48. The Hall–Kier alpha value is -5.04. The third-order valence-corrected chi connectivity index (χ3v) is 6.82. The fraction of sp³-hybridized carbons (Fsp3) is 0.125. The van der Waals surface area contributed by atoms with Gasteiger partial charge in [-0.3, -0.25) is 14.9 Å². The smallest absolute Gasteiger partial charge is 0.271 e. The average molecular weight is 517 g/mol. The first-order valence-corrected chi connectivity index (χ1v) is 12.7. The lowest BCUT2D eigenvalue weighted by Crippen LogP contribution is -2.31. The molecular weight excluding hydrogens is 488 g/mol. The number of nitro groups is 1. The Bertz CT molecular complexity index is 1630. The zero-order chi connectivity index (χ0) is 27.4. The van der Waals surface area contributed by atoms with Crippen LogP contribution in [0.5, 0.6) is 0 Å². The number of nitrogens with zero attached hydrogens (tertiary/aromatic N) is 3. The summed E-state index contributed by atoms with van der Waals surface area (Å²) in [7, 11) is 0. The standard InChI is InChI=1S/C32H28N4O3/c1-22-16-17-26(18-23(22)2)30-21-31(35(34-30)27-14-9-15-28(20-27)36(38)39)32(37)33-29(25-12-7-4-8-13-25)19-24-10-5-3-6-11-24/h3-18,20-21,29H,19H2,1-2H3,(H,33,37). The highest BCUT2D eigenvalue weighted by Gasteiger charge is 2.23. The van der Waals surface area contributed by atoms with Gasteiger partial charge in [-0.15, -0.1) is 0 Å². The van der Waals surface area contributed by atoms with Crippen LogP contribution in [0.1, 0.15) is 38.8 Å². The Morgan fingerprint density at radius 1 is 0.872 bits per heavy atom. The molecule has 0 aliphatic carbocycles. The lowest BCUT2D eigenvalue weighted by molar-refractivity contribution is -0.384. The summed E-state index contributed by atoms with van der Waals surface area (Å²) in [5.74, 6) is -0.325. The largest absolute Gasteiger partial charge is 0.344 e. The van der Waals surface area contributed by atoms with Gasteiger partial charge in [0.2, 0.25) is 0 Å². The number of nitro benzene ring substituents is 1. The predicted octanol–water partition coefficient (Wildman–Crippen LogP) is 6.78. The number of non-ortho nitro benzene ring substituents is 1. The molecule has 0 saturated carbocycles. The zero-order valence-electron chi connectivity index (χ0n) is 21.7. The molecule has 5 aromatic rings. The number of benzene rings is 4. The van der Waals surface area contributed by atoms with Crippen molar-refractivity contribution in [1.29, 1.82) is 0 Å². The molecule has 0 fully saturated rings. The second kappa shape index (κ2) is 11.1. The van der Waals surface area contributed by atoms with Crippen molar-refractivity contribution in [2.24, 2.45) is 0 Å². The van der Waals surface area contributed by atoms with Crippen molar-refractivity contribution in [3.63, 3.8) is 0 Å². The molecule has 1 unspecified atom stereocenters. The van der Waals surface area contributed by atoms with E-state index in [-0.39, 0.29) is 23.3 Å². The molecule has 1 amide bonds. The number of hydrogen-bond acceptors (Lipinski definition) is 4. The van der Waals surface area contributed by atoms with Crippen molar-refractivity contribution in [3.05, 3.63) is 147 Å². The molecule has 0 saturated heterocycles. The molecule has 7 heteroatoms. The minimum atomic E-state index is -0.456. The van der Waals surface area contributed by atoms with Crippen LogP contribution in [-0.2, 0) is 6.42 Å². The van der Waals surface area contributed by atoms with Gasteiger partial charge in [-0.05, 0) is 60.7 Å². The number of hydrogen-bond donors (Lipinski definition) is 1. The summed E-state index contributed by atoms with van der Waals surface area (Å²) in [6.07, 6.45) is 0.603. The topological polar surface area (TPSA) is 90.1 Å². The third kappa shape index (κ3) is 5.78. The van der Waals surface area contributed by atoms with E-state index in [4.69, 9.17) is 5.10 Å². The second-order valence-electron chi connectivity index (χ2n) is 9.53. The number of aryl methyl sites for hydroxylation is 2. The molecular formula is C32H28N4O3. The number of carbonyl (C=O) groups is 1. The normalized spacial score (nSPS) is 11.6. The molecule has 0 aliphatic rings. The predicted molar refractivity (Wildman–Crippen MR) is 152 cm³/mol. The first-order chi connectivity index (χ1) is 18.9. The van der Waals surface area contributed by atoms with Crippen LogP contribution in [-0.4, -0.2) is 20.6 Å². The maximum atomic E-state index is 13.9. The van der Waals surface area contributed by atoms with Gasteiger partial charge in [-0.2, -0.15) is 5.10 Å². The summed E-state index contributed by atoms with van der Waals surface area (Å²) in [5.41, 5.74) is 6.45. The fourth-order valence-electron chi connectivity index (χ4n) is 4.54. The van der Waals surface area contributed by atoms with Crippen LogP contribution in [0.2, 0.25) is 0 Å². The van der Waals surface area contributed by atoms with Gasteiger partial charge in [0.15, 0.2) is 0 Å². The van der Waals surface area contributed by atoms with Crippen LogP contribution in [0.25, 0.3) is 16.9 Å². The second-order valence-corrected chi connectivity index (χ2v) is 9.53. The summed E-state index contributed by atoms with van der Waals surface area (Å²) in [6, 6.07) is 33.4. The van der Waals surface area contributed by atoms with Gasteiger partial charge in [0.1, 0.15) is 5.69 Å². The Labute approximate surface area is 226 Å². The van der Waals surface area contributed by atoms with Crippen molar-refractivity contribution in [2.75, 3.05) is 0 Å². The Morgan fingerprint density at radius 2 is 1.59 bits per heavy atom. The quantitative estimate of drug-likeness (QED) is 0.182. The van der Waals surface area contributed by atoms with Crippen molar-refractivity contribution < 1.29 is 9.72 Å². The van der Waals surface area contributed by atoms with Gasteiger partial charge in [-0.25, -0.2) is 4.68 Å². The molecule has 0 radical (unpaired) electrons. The molecule has 5 rings (SSSR count). The third-order valence-electron chi connectivity index (χ3n) is 6.82. The molecule has 0 bridgehead atoms. The molecule has 7 nitrogen and oxygen atoms in total. The van der Waals surface area contributed by atoms with E-state index in [1.165, 1.54) is 16.8 Å². The van der Waals surface area contributed by atoms with Gasteiger partial charge >= 0.3 is 0 Å².